The summed E-state index contributed by atoms with van der Waals surface area (Å²) in [7, 11) is 1.30. The first kappa shape index (κ1) is 14.8. The highest BCUT2D eigenvalue weighted by molar-refractivity contribution is 7.99. The Labute approximate surface area is 98.3 Å². The molecule has 16 heavy (non-hydrogen) atoms. The first-order valence-electron chi connectivity index (χ1n) is 4.75. The van der Waals surface area contributed by atoms with E-state index in [0.717, 1.165) is 0 Å². The molecule has 7 heteroatoms. The number of nitrogens with two attached hydrogens (primary N) is 1. The summed E-state index contributed by atoms with van der Waals surface area (Å²) in [6.07, 6.45) is 0.468. The average molecular weight is 248 g/mol. The van der Waals surface area contributed by atoms with Gasteiger partial charge in [0.05, 0.1) is 19.3 Å². The van der Waals surface area contributed by atoms with Crippen molar-refractivity contribution in [1.29, 1.82) is 0 Å². The molecule has 3 N–H and O–H groups in total. The van der Waals surface area contributed by atoms with E-state index in [1.54, 1.807) is 0 Å². The van der Waals surface area contributed by atoms with Crippen LogP contribution >= 0.6 is 11.8 Å². The van der Waals surface area contributed by atoms with Crippen molar-refractivity contribution < 1.29 is 19.1 Å². The minimum atomic E-state index is -0.393. The Balaban J connectivity index is 3.38. The number of methoxy groups -OCH3 is 1. The number of ether oxygens (including phenoxy) is 1. The molecular formula is C9H16N2O4S. The second-order valence-electron chi connectivity index (χ2n) is 2.94. The normalized spacial score (nSPS) is 9.56. The third-order valence-corrected chi connectivity index (χ3v) is 2.58. The van der Waals surface area contributed by atoms with Gasteiger partial charge in [-0.2, -0.15) is 11.8 Å². The molecule has 0 heterocycles. The predicted molar refractivity (Wildman–Crippen MR) is 60.8 cm³/mol. The highest BCUT2D eigenvalue weighted by atomic mass is 32.2. The monoisotopic (exact) mass is 248 g/mol. The van der Waals surface area contributed by atoms with Gasteiger partial charge in [0.25, 0.3) is 0 Å². The predicted octanol–water partition coefficient (Wildman–Crippen LogP) is -0.726. The van der Waals surface area contributed by atoms with Crippen LogP contribution in [0.1, 0.15) is 12.8 Å². The number of nitrogens with one attached hydrogen (secondary N) is 1. The van der Waals surface area contributed by atoms with E-state index in [-0.39, 0.29) is 30.6 Å². The van der Waals surface area contributed by atoms with Gasteiger partial charge in [0.15, 0.2) is 0 Å². The minimum Gasteiger partial charge on any atom is -0.469 e. The summed E-state index contributed by atoms with van der Waals surface area (Å²) in [6.45, 7) is 0.270. The Morgan fingerprint density at radius 1 is 1.31 bits per heavy atom. The minimum absolute atomic E-state index is 0.152. The van der Waals surface area contributed by atoms with Crippen molar-refractivity contribution in [3.05, 3.63) is 0 Å². The van der Waals surface area contributed by atoms with E-state index >= 15 is 0 Å². The highest BCUT2D eigenvalue weighted by Crippen LogP contribution is 2.00. The average Bonchev–Trinajstić information content (AvgIpc) is 2.24. The van der Waals surface area contributed by atoms with Gasteiger partial charge in [0.1, 0.15) is 0 Å². The van der Waals surface area contributed by atoms with Crippen LogP contribution in [-0.2, 0) is 19.1 Å². The van der Waals surface area contributed by atoms with Crippen LogP contribution in [0.3, 0.4) is 0 Å². The van der Waals surface area contributed by atoms with Gasteiger partial charge in [-0.25, -0.2) is 0 Å². The maximum absolute atomic E-state index is 11.2. The third kappa shape index (κ3) is 9.32. The molecule has 0 aromatic rings. The van der Waals surface area contributed by atoms with E-state index < -0.39 is 5.91 Å². The van der Waals surface area contributed by atoms with Crippen molar-refractivity contribution in [2.24, 2.45) is 5.73 Å². The molecule has 0 aliphatic carbocycles. The fourth-order valence-electron chi connectivity index (χ4n) is 0.832. The topological polar surface area (TPSA) is 98.5 Å². The van der Waals surface area contributed by atoms with Crippen LogP contribution in [0.15, 0.2) is 0 Å². The maximum Gasteiger partial charge on any atom is 0.307 e. The fraction of sp³-hybridized carbons (Fsp3) is 0.667. The summed E-state index contributed by atoms with van der Waals surface area (Å²) in [5.74, 6) is -0.150. The zero-order chi connectivity index (χ0) is 12.4. The maximum atomic E-state index is 11.2. The van der Waals surface area contributed by atoms with Crippen LogP contribution in [0.4, 0.5) is 0 Å². The number of hydrogen-bond donors (Lipinski definition) is 2. The van der Waals surface area contributed by atoms with Crippen molar-refractivity contribution in [3.63, 3.8) is 0 Å². The zero-order valence-corrected chi connectivity index (χ0v) is 9.97. The van der Waals surface area contributed by atoms with Crippen LogP contribution < -0.4 is 11.1 Å². The van der Waals surface area contributed by atoms with Gasteiger partial charge >= 0.3 is 5.97 Å². The summed E-state index contributed by atoms with van der Waals surface area (Å²) in [4.78, 5) is 32.2. The molecule has 0 saturated carbocycles. The molecule has 0 aliphatic rings. The number of carbonyl (C=O) groups is 3. The quantitative estimate of drug-likeness (QED) is 0.436. The number of carbonyl (C=O) groups excluding carboxylic acids is 3. The molecule has 92 valence electrons. The molecule has 0 saturated heterocycles. The number of amides is 2. The van der Waals surface area contributed by atoms with Crippen LogP contribution in [0.25, 0.3) is 0 Å². The zero-order valence-electron chi connectivity index (χ0n) is 9.15. The SMILES string of the molecule is COC(=O)CCNC(=O)CCSCC(N)=O. The third-order valence-electron chi connectivity index (χ3n) is 1.60. The fourth-order valence-corrected chi connectivity index (χ4v) is 1.51. The van der Waals surface area contributed by atoms with Gasteiger partial charge in [-0.05, 0) is 0 Å². The Morgan fingerprint density at radius 2 is 2.00 bits per heavy atom. The lowest BCUT2D eigenvalue weighted by Crippen LogP contribution is -2.26. The highest BCUT2D eigenvalue weighted by Gasteiger charge is 2.04. The molecule has 2 amide bonds. The van der Waals surface area contributed by atoms with Gasteiger partial charge in [-0.1, -0.05) is 0 Å². The second-order valence-corrected chi connectivity index (χ2v) is 4.05. The van der Waals surface area contributed by atoms with E-state index in [1.165, 1.54) is 18.9 Å². The van der Waals surface area contributed by atoms with Crippen molar-refractivity contribution in [2.45, 2.75) is 12.8 Å². The molecule has 0 rings (SSSR count). The number of hydrogen-bond acceptors (Lipinski definition) is 5. The number of primary amides is 1. The molecule has 0 bridgehead atoms. The molecule has 0 aliphatic heterocycles. The molecular weight excluding hydrogens is 232 g/mol. The van der Waals surface area contributed by atoms with Crippen LogP contribution in [0.5, 0.6) is 0 Å². The largest absolute Gasteiger partial charge is 0.469 e. The van der Waals surface area contributed by atoms with Gasteiger partial charge in [-0.15, -0.1) is 0 Å². The molecule has 0 atom stereocenters. The van der Waals surface area contributed by atoms with E-state index in [2.05, 4.69) is 10.1 Å². The Morgan fingerprint density at radius 3 is 2.56 bits per heavy atom. The smallest absolute Gasteiger partial charge is 0.307 e. The molecule has 0 spiro atoms. The molecule has 0 aromatic heterocycles. The lowest BCUT2D eigenvalue weighted by atomic mass is 10.4. The lowest BCUT2D eigenvalue weighted by Gasteiger charge is -2.03. The second kappa shape index (κ2) is 9.02. The molecule has 6 nitrogen and oxygen atoms in total. The van der Waals surface area contributed by atoms with Crippen LogP contribution in [-0.4, -0.2) is 42.9 Å². The summed E-state index contributed by atoms with van der Waals surface area (Å²) in [6, 6.07) is 0. The number of rotatable bonds is 8. The first-order chi connectivity index (χ1) is 7.56. The van der Waals surface area contributed by atoms with Gasteiger partial charge in [0.2, 0.25) is 11.8 Å². The van der Waals surface area contributed by atoms with Crippen molar-refractivity contribution in [2.75, 3.05) is 25.2 Å². The van der Waals surface area contributed by atoms with Gasteiger partial charge in [0, 0.05) is 18.7 Å². The van der Waals surface area contributed by atoms with E-state index in [0.29, 0.717) is 12.2 Å². The summed E-state index contributed by atoms with van der Waals surface area (Å²) < 4.78 is 4.41. The molecule has 0 fully saturated rings. The molecule has 0 unspecified atom stereocenters. The van der Waals surface area contributed by atoms with Crippen LogP contribution in [0, 0.1) is 0 Å². The van der Waals surface area contributed by atoms with Crippen molar-refractivity contribution >= 4 is 29.5 Å². The Kier molecular flexibility index (Phi) is 8.32. The van der Waals surface area contributed by atoms with Crippen LogP contribution in [0.2, 0.25) is 0 Å². The first-order valence-corrected chi connectivity index (χ1v) is 5.91. The van der Waals surface area contributed by atoms with Crippen molar-refractivity contribution in [3.8, 4) is 0 Å². The van der Waals surface area contributed by atoms with E-state index in [9.17, 15) is 14.4 Å². The van der Waals surface area contributed by atoms with Crippen molar-refractivity contribution in [1.82, 2.24) is 5.32 Å². The Hall–Kier alpha value is -1.24. The van der Waals surface area contributed by atoms with E-state index in [4.69, 9.17) is 5.73 Å². The molecule has 0 aromatic carbocycles. The number of esters is 1. The summed E-state index contributed by atoms with van der Waals surface area (Å²) in [5, 5.41) is 2.57. The van der Waals surface area contributed by atoms with Gasteiger partial charge in [-0.3, -0.25) is 14.4 Å². The van der Waals surface area contributed by atoms with Gasteiger partial charge < -0.3 is 15.8 Å². The number of thioether (sulfide) groups is 1. The standard InChI is InChI=1S/C9H16N2O4S/c1-15-9(14)2-4-11-8(13)3-5-16-6-7(10)12/h2-6H2,1H3,(H2,10,12)(H,11,13). The summed E-state index contributed by atoms with van der Waals surface area (Å²) >= 11 is 1.31. The molecule has 0 radical (unpaired) electrons. The Bertz CT molecular complexity index is 258. The lowest BCUT2D eigenvalue weighted by molar-refractivity contribution is -0.140. The van der Waals surface area contributed by atoms with E-state index in [1.807, 2.05) is 0 Å². The summed E-state index contributed by atoms with van der Waals surface area (Å²) in [5.41, 5.74) is 4.93.